The Bertz CT molecular complexity index is 220. The Kier molecular flexibility index (Phi) is 5.77. The monoisotopic (exact) mass is 229 g/mol. The molecule has 0 aromatic carbocycles. The molecule has 1 saturated heterocycles. The van der Waals surface area contributed by atoms with Crippen molar-refractivity contribution in [2.45, 2.75) is 45.1 Å². The number of carboxylic acid groups (broad SMARTS) is 1. The predicted molar refractivity (Wildman–Crippen MR) is 62.3 cm³/mol. The maximum Gasteiger partial charge on any atom is 0.321 e. The molecule has 0 saturated carbocycles. The van der Waals surface area contributed by atoms with Gasteiger partial charge in [-0.25, -0.2) is 0 Å². The zero-order valence-corrected chi connectivity index (χ0v) is 10.1. The van der Waals surface area contributed by atoms with Crippen LogP contribution in [-0.2, 0) is 4.79 Å². The highest BCUT2D eigenvalue weighted by Gasteiger charge is 2.33. The van der Waals surface area contributed by atoms with Crippen LogP contribution in [0.4, 0.5) is 0 Å². The highest BCUT2D eigenvalue weighted by molar-refractivity contribution is 5.74. The van der Waals surface area contributed by atoms with Gasteiger partial charge in [-0.1, -0.05) is 6.92 Å². The second-order valence-electron chi connectivity index (χ2n) is 4.72. The number of carboxylic acids is 1. The Morgan fingerprint density at radius 2 is 2.12 bits per heavy atom. The summed E-state index contributed by atoms with van der Waals surface area (Å²) in [5.41, 5.74) is 0. The Labute approximate surface area is 97.3 Å². The number of hydrogen-bond acceptors (Lipinski definition) is 3. The summed E-state index contributed by atoms with van der Waals surface area (Å²) in [5, 5.41) is 17.9. The van der Waals surface area contributed by atoms with E-state index in [-0.39, 0.29) is 18.6 Å². The molecule has 4 nitrogen and oxygen atoms in total. The molecule has 0 aromatic heterocycles. The van der Waals surface area contributed by atoms with Crippen LogP contribution < -0.4 is 0 Å². The van der Waals surface area contributed by atoms with Crippen LogP contribution in [0.2, 0.25) is 0 Å². The Morgan fingerprint density at radius 3 is 2.75 bits per heavy atom. The lowest BCUT2D eigenvalue weighted by molar-refractivity contribution is -0.146. The number of aliphatic carboxylic acids is 1. The van der Waals surface area contributed by atoms with Gasteiger partial charge in [-0.3, -0.25) is 9.69 Å². The van der Waals surface area contributed by atoms with E-state index in [1.807, 2.05) is 6.92 Å². The number of unbranched alkanes of at least 4 members (excludes halogenated alkanes) is 2. The van der Waals surface area contributed by atoms with Crippen molar-refractivity contribution >= 4 is 5.97 Å². The summed E-state index contributed by atoms with van der Waals surface area (Å²) in [5.74, 6) is -0.432. The van der Waals surface area contributed by atoms with E-state index in [2.05, 4.69) is 4.90 Å². The first kappa shape index (κ1) is 13.5. The first-order valence-electron chi connectivity index (χ1n) is 6.24. The van der Waals surface area contributed by atoms with Crippen molar-refractivity contribution in [3.05, 3.63) is 0 Å². The van der Waals surface area contributed by atoms with E-state index in [4.69, 9.17) is 5.11 Å². The van der Waals surface area contributed by atoms with Gasteiger partial charge >= 0.3 is 5.97 Å². The van der Waals surface area contributed by atoms with Crippen molar-refractivity contribution in [2.75, 3.05) is 19.7 Å². The average Bonchev–Trinajstić information content (AvgIpc) is 2.24. The van der Waals surface area contributed by atoms with Gasteiger partial charge < -0.3 is 10.2 Å². The summed E-state index contributed by atoms with van der Waals surface area (Å²) < 4.78 is 0. The molecule has 2 atom stereocenters. The van der Waals surface area contributed by atoms with E-state index in [1.165, 1.54) is 0 Å². The van der Waals surface area contributed by atoms with Crippen molar-refractivity contribution < 1.29 is 15.0 Å². The fourth-order valence-electron chi connectivity index (χ4n) is 2.53. The summed E-state index contributed by atoms with van der Waals surface area (Å²) in [6.07, 6.45) is 4.90. The molecule has 1 aliphatic heterocycles. The lowest BCUT2D eigenvalue weighted by atomic mass is 9.90. The van der Waals surface area contributed by atoms with Crippen molar-refractivity contribution in [2.24, 2.45) is 5.92 Å². The molecular weight excluding hydrogens is 206 g/mol. The van der Waals surface area contributed by atoms with Crippen LogP contribution in [0.15, 0.2) is 0 Å². The molecule has 0 aliphatic carbocycles. The molecule has 0 spiro atoms. The molecule has 1 aliphatic rings. The minimum Gasteiger partial charge on any atom is -0.480 e. The van der Waals surface area contributed by atoms with E-state index < -0.39 is 5.97 Å². The van der Waals surface area contributed by atoms with Crippen LogP contribution in [0.25, 0.3) is 0 Å². The molecule has 2 N–H and O–H groups in total. The number of aliphatic hydroxyl groups is 1. The number of hydrogen-bond donors (Lipinski definition) is 2. The fraction of sp³-hybridized carbons (Fsp3) is 0.917. The number of carbonyl (C=O) groups is 1. The summed E-state index contributed by atoms with van der Waals surface area (Å²) >= 11 is 0. The second kappa shape index (κ2) is 6.86. The van der Waals surface area contributed by atoms with Gasteiger partial charge in [0, 0.05) is 6.61 Å². The number of aliphatic hydroxyl groups excluding tert-OH is 1. The third-order valence-electron chi connectivity index (χ3n) is 3.39. The minimum absolute atomic E-state index is 0.235. The van der Waals surface area contributed by atoms with Crippen LogP contribution in [0.3, 0.4) is 0 Å². The number of likely N-dealkylation sites (tertiary alicyclic amines) is 1. The van der Waals surface area contributed by atoms with Gasteiger partial charge in [0.05, 0.1) is 0 Å². The smallest absolute Gasteiger partial charge is 0.321 e. The highest BCUT2D eigenvalue weighted by Crippen LogP contribution is 2.23. The van der Waals surface area contributed by atoms with Crippen LogP contribution in [-0.4, -0.2) is 46.8 Å². The third kappa shape index (κ3) is 3.76. The van der Waals surface area contributed by atoms with Gasteiger partial charge in [0.25, 0.3) is 0 Å². The fourth-order valence-corrected chi connectivity index (χ4v) is 2.53. The molecule has 0 amide bonds. The van der Waals surface area contributed by atoms with E-state index in [9.17, 15) is 9.90 Å². The van der Waals surface area contributed by atoms with Crippen LogP contribution in [0.1, 0.15) is 39.0 Å². The topological polar surface area (TPSA) is 60.8 Å². The van der Waals surface area contributed by atoms with Gasteiger partial charge in [-0.05, 0) is 51.1 Å². The molecule has 1 fully saturated rings. The van der Waals surface area contributed by atoms with Crippen LogP contribution in [0, 0.1) is 5.92 Å². The SMILES string of the molecule is CC1CCCN(CCCCCO)C1C(=O)O. The first-order valence-corrected chi connectivity index (χ1v) is 6.24. The molecule has 4 heteroatoms. The van der Waals surface area contributed by atoms with Gasteiger partial charge in [-0.15, -0.1) is 0 Å². The van der Waals surface area contributed by atoms with E-state index in [0.29, 0.717) is 0 Å². The molecule has 1 rings (SSSR count). The van der Waals surface area contributed by atoms with Gasteiger partial charge in [0.15, 0.2) is 0 Å². The minimum atomic E-state index is -0.686. The Hall–Kier alpha value is -0.610. The maximum absolute atomic E-state index is 11.2. The summed E-state index contributed by atoms with van der Waals surface area (Å²) in [4.78, 5) is 13.3. The van der Waals surface area contributed by atoms with Crippen LogP contribution in [0.5, 0.6) is 0 Å². The van der Waals surface area contributed by atoms with Gasteiger partial charge in [0.1, 0.15) is 6.04 Å². The lowest BCUT2D eigenvalue weighted by Gasteiger charge is -2.37. The van der Waals surface area contributed by atoms with Crippen molar-refractivity contribution in [3.63, 3.8) is 0 Å². The number of rotatable bonds is 6. The third-order valence-corrected chi connectivity index (χ3v) is 3.39. The normalized spacial score (nSPS) is 26.9. The Balaban J connectivity index is 2.39. The molecule has 2 unspecified atom stereocenters. The highest BCUT2D eigenvalue weighted by atomic mass is 16.4. The Morgan fingerprint density at radius 1 is 1.38 bits per heavy atom. The summed E-state index contributed by atoms with van der Waals surface area (Å²) in [6, 6.07) is -0.303. The molecule has 0 aromatic rings. The largest absolute Gasteiger partial charge is 0.480 e. The van der Waals surface area contributed by atoms with Crippen molar-refractivity contribution in [1.82, 2.24) is 4.90 Å². The number of nitrogens with zero attached hydrogens (tertiary/aromatic N) is 1. The molecule has 0 radical (unpaired) electrons. The standard InChI is InChI=1S/C12H23NO3/c1-10-6-5-8-13(11(10)12(15)16)7-3-2-4-9-14/h10-11,14H,2-9H2,1H3,(H,15,16). The van der Waals surface area contributed by atoms with E-state index >= 15 is 0 Å². The molecule has 1 heterocycles. The predicted octanol–water partition coefficient (Wildman–Crippen LogP) is 1.33. The van der Waals surface area contributed by atoms with Crippen molar-refractivity contribution in [3.8, 4) is 0 Å². The maximum atomic E-state index is 11.2. The van der Waals surface area contributed by atoms with E-state index in [1.54, 1.807) is 0 Å². The van der Waals surface area contributed by atoms with E-state index in [0.717, 1.165) is 45.2 Å². The summed E-state index contributed by atoms with van der Waals surface area (Å²) in [6.45, 7) is 4.01. The molecule has 94 valence electrons. The number of piperidine rings is 1. The average molecular weight is 229 g/mol. The quantitative estimate of drug-likeness (QED) is 0.675. The molecule has 0 bridgehead atoms. The van der Waals surface area contributed by atoms with Crippen LogP contribution >= 0.6 is 0 Å². The zero-order valence-electron chi connectivity index (χ0n) is 10.1. The molecular formula is C12H23NO3. The van der Waals surface area contributed by atoms with Crippen molar-refractivity contribution in [1.29, 1.82) is 0 Å². The molecule has 16 heavy (non-hydrogen) atoms. The zero-order chi connectivity index (χ0) is 12.0. The van der Waals surface area contributed by atoms with Gasteiger partial charge in [-0.2, -0.15) is 0 Å². The lowest BCUT2D eigenvalue weighted by Crippen LogP contribution is -2.49. The first-order chi connectivity index (χ1) is 7.66. The summed E-state index contributed by atoms with van der Waals surface area (Å²) in [7, 11) is 0. The van der Waals surface area contributed by atoms with Gasteiger partial charge in [0.2, 0.25) is 0 Å². The second-order valence-corrected chi connectivity index (χ2v) is 4.72.